The number of carbonyl (C=O) groups is 9. The van der Waals surface area contributed by atoms with E-state index < -0.39 is 112 Å². The van der Waals surface area contributed by atoms with Crippen molar-refractivity contribution in [3.63, 3.8) is 0 Å². The van der Waals surface area contributed by atoms with Gasteiger partial charge in [-0.3, -0.25) is 57.9 Å². The minimum atomic E-state index is -1.81. The monoisotopic (exact) mass is 1370 g/mol. The Kier molecular flexibility index (Phi) is 62.3. The van der Waals surface area contributed by atoms with Crippen LogP contribution in [0.1, 0.15) is 303 Å². The van der Waals surface area contributed by atoms with Crippen LogP contribution in [-0.2, 0) is 66.8 Å². The third kappa shape index (κ3) is 60.4. The summed E-state index contributed by atoms with van der Waals surface area (Å²) in [6, 6.07) is 0. The van der Waals surface area contributed by atoms with E-state index in [-0.39, 0.29) is 58.7 Å². The van der Waals surface area contributed by atoms with Crippen molar-refractivity contribution in [3.05, 3.63) is 0 Å². The zero-order chi connectivity index (χ0) is 70.1. The number of esters is 5. The highest BCUT2D eigenvalue weighted by molar-refractivity contribution is 7.99. The smallest absolute Gasteiger partial charge is 0.322 e. The number of carbonyl (C=O) groups excluding carboxylic acids is 5. The predicted octanol–water partition coefficient (Wildman–Crippen LogP) is 14.9. The van der Waals surface area contributed by atoms with E-state index in [0.29, 0.717) is 43.6 Å². The van der Waals surface area contributed by atoms with E-state index in [1.54, 1.807) is 0 Å². The highest BCUT2D eigenvalue weighted by Gasteiger charge is 2.45. The number of aliphatic carboxylic acids is 4. The van der Waals surface area contributed by atoms with Gasteiger partial charge in [-0.25, -0.2) is 0 Å². The average molecular weight is 1370 g/mol. The molecule has 0 radical (unpaired) electrons. The first-order valence-electron chi connectivity index (χ1n) is 37.4. The SMILES string of the molecule is CCCCCCCCCCCCCCCC(=O)OCC(COC(=O)CCCCCCCCCCCCCCC)(COC(=O)CCCCCCCCCCCCCCC)C(=O)OCCCSCCCOC(=O)CN(CCN(CCN(CC(=O)O)CC(=O)O)CC(=O)O)CC(=O)O. The van der Waals surface area contributed by atoms with E-state index in [9.17, 15) is 63.6 Å². The first-order valence-corrected chi connectivity index (χ1v) is 38.5. The highest BCUT2D eigenvalue weighted by atomic mass is 32.2. The fraction of sp³-hybridized carbons (Fsp3) is 0.877. The molecule has 0 rings (SSSR count). The van der Waals surface area contributed by atoms with E-state index in [0.717, 1.165) is 62.7 Å². The number of hydrogen-bond acceptors (Lipinski definition) is 18. The summed E-state index contributed by atoms with van der Waals surface area (Å²) in [5.41, 5.74) is -1.81. The Morgan fingerprint density at radius 1 is 0.284 bits per heavy atom. The zero-order valence-electron chi connectivity index (χ0n) is 59.7. The Morgan fingerprint density at radius 2 is 0.526 bits per heavy atom. The van der Waals surface area contributed by atoms with Gasteiger partial charge >= 0.3 is 53.7 Å². The topological polar surface area (TPSA) is 290 Å². The molecule has 0 aromatic carbocycles. The lowest BCUT2D eigenvalue weighted by Crippen LogP contribution is -2.47. The molecule has 554 valence electrons. The molecule has 0 aliphatic rings. The van der Waals surface area contributed by atoms with Crippen LogP contribution in [0.5, 0.6) is 0 Å². The van der Waals surface area contributed by atoms with Gasteiger partial charge in [0.15, 0.2) is 5.41 Å². The summed E-state index contributed by atoms with van der Waals surface area (Å²) >= 11 is 1.51. The number of hydrogen-bond donors (Lipinski definition) is 4. The first kappa shape index (κ1) is 90.5. The van der Waals surface area contributed by atoms with E-state index in [4.69, 9.17) is 23.7 Å². The van der Waals surface area contributed by atoms with Crippen molar-refractivity contribution >= 4 is 65.5 Å². The largest absolute Gasteiger partial charge is 0.480 e. The molecule has 0 saturated carbocycles. The lowest BCUT2D eigenvalue weighted by molar-refractivity contribution is -0.180. The van der Waals surface area contributed by atoms with E-state index in [1.165, 1.54) is 195 Å². The molecule has 0 spiro atoms. The minimum absolute atomic E-state index is 0.0204. The van der Waals surface area contributed by atoms with Crippen molar-refractivity contribution in [2.24, 2.45) is 5.41 Å². The molecule has 22 heteroatoms. The quantitative estimate of drug-likeness (QED) is 0.0250. The summed E-state index contributed by atoms with van der Waals surface area (Å²) in [5, 5.41) is 37.3. The predicted molar refractivity (Wildman–Crippen MR) is 375 cm³/mol. The lowest BCUT2D eigenvalue weighted by Gasteiger charge is -2.30. The molecule has 0 atom stereocenters. The van der Waals surface area contributed by atoms with Crippen molar-refractivity contribution in [1.82, 2.24) is 14.7 Å². The van der Waals surface area contributed by atoms with Crippen LogP contribution in [-0.4, -0.2) is 192 Å². The summed E-state index contributed by atoms with van der Waals surface area (Å²) in [6.45, 7) is 2.33. The number of unbranched alkanes of at least 4 members (excludes halogenated alkanes) is 36. The number of rotatable bonds is 73. The number of ether oxygens (including phenoxy) is 5. The van der Waals surface area contributed by atoms with E-state index >= 15 is 0 Å². The van der Waals surface area contributed by atoms with Gasteiger partial charge in [0.25, 0.3) is 0 Å². The normalized spacial score (nSPS) is 11.6. The highest BCUT2D eigenvalue weighted by Crippen LogP contribution is 2.26. The maximum absolute atomic E-state index is 14.4. The number of nitrogens with zero attached hydrogens (tertiary/aromatic N) is 3. The molecule has 0 aromatic rings. The van der Waals surface area contributed by atoms with Crippen LogP contribution >= 0.6 is 11.8 Å². The summed E-state index contributed by atoms with van der Waals surface area (Å²) in [4.78, 5) is 117. The van der Waals surface area contributed by atoms with Gasteiger partial charge in [0.2, 0.25) is 0 Å². The second kappa shape index (κ2) is 65.4. The van der Waals surface area contributed by atoms with Crippen molar-refractivity contribution < 1.29 is 87.3 Å². The molecule has 0 amide bonds. The third-order valence-electron chi connectivity index (χ3n) is 17.0. The fourth-order valence-corrected chi connectivity index (χ4v) is 12.1. The molecule has 21 nitrogen and oxygen atoms in total. The van der Waals surface area contributed by atoms with Crippen molar-refractivity contribution in [3.8, 4) is 0 Å². The van der Waals surface area contributed by atoms with Crippen LogP contribution < -0.4 is 0 Å². The van der Waals surface area contributed by atoms with Gasteiger partial charge in [-0.05, 0) is 43.6 Å². The van der Waals surface area contributed by atoms with Gasteiger partial charge in [0, 0.05) is 45.4 Å². The van der Waals surface area contributed by atoms with Crippen molar-refractivity contribution in [2.75, 3.05) is 103 Å². The third-order valence-corrected chi connectivity index (χ3v) is 18.2. The Balaban J connectivity index is 5.79. The molecule has 0 fully saturated rings. The second-order valence-electron chi connectivity index (χ2n) is 26.2. The Hall–Kier alpha value is -4.54. The lowest BCUT2D eigenvalue weighted by atomic mass is 9.91. The summed E-state index contributed by atoms with van der Waals surface area (Å²) in [7, 11) is 0. The van der Waals surface area contributed by atoms with E-state index in [1.807, 2.05) is 0 Å². The van der Waals surface area contributed by atoms with Crippen LogP contribution in [0.15, 0.2) is 0 Å². The molecule has 95 heavy (non-hydrogen) atoms. The Bertz CT molecular complexity index is 1840. The first-order chi connectivity index (χ1) is 46.0. The summed E-state index contributed by atoms with van der Waals surface area (Å²) in [6.07, 6.45) is 46.3. The second-order valence-corrected chi connectivity index (χ2v) is 27.4. The molecule has 0 aliphatic carbocycles. The van der Waals surface area contributed by atoms with Gasteiger partial charge in [-0.1, -0.05) is 252 Å². The van der Waals surface area contributed by atoms with Gasteiger partial charge in [-0.15, -0.1) is 0 Å². The Labute approximate surface area is 577 Å². The minimum Gasteiger partial charge on any atom is -0.480 e. The average Bonchev–Trinajstić information content (AvgIpc) is 0.959. The Morgan fingerprint density at radius 3 is 0.811 bits per heavy atom. The van der Waals surface area contributed by atoms with Crippen LogP contribution in [0.2, 0.25) is 0 Å². The molecular formula is C73H133N3O18S. The van der Waals surface area contributed by atoms with Crippen LogP contribution in [0.25, 0.3) is 0 Å². The van der Waals surface area contributed by atoms with Crippen LogP contribution in [0, 0.1) is 5.41 Å². The molecule has 0 aliphatic heterocycles. The molecule has 0 unspecified atom stereocenters. The van der Waals surface area contributed by atoms with Crippen molar-refractivity contribution in [1.29, 1.82) is 0 Å². The molecule has 0 saturated heterocycles. The number of carboxylic acid groups (broad SMARTS) is 4. The summed E-state index contributed by atoms with van der Waals surface area (Å²) in [5.74, 6) is -6.90. The number of carboxylic acids is 4. The maximum Gasteiger partial charge on any atom is 0.322 e. The van der Waals surface area contributed by atoms with Crippen LogP contribution in [0.4, 0.5) is 0 Å². The maximum atomic E-state index is 14.4. The molecular weight excluding hydrogens is 1240 g/mol. The van der Waals surface area contributed by atoms with Gasteiger partial charge < -0.3 is 44.1 Å². The van der Waals surface area contributed by atoms with E-state index in [2.05, 4.69) is 20.8 Å². The standard InChI is InChI=1S/C73H133N3O18S/c1-4-7-10-13-16-19-22-25-28-31-34-37-40-45-68(85)92-61-73(62-93-69(86)46-41-38-35-32-29-26-23-20-17-14-11-8-5-2,63-94-70(87)47-42-39-36-33-30-27-24-21-18-15-12-9-6-3)72(89)91-53-44-55-95-54-43-52-90-71(88)60-76(59-67(83)84)51-49-74(56-64(77)78)48-50-75(57-65(79)80)58-66(81)82/h4-63H2,1-3H3,(H,77,78)(H,79,80)(H,81,82)(H,83,84). The molecule has 0 heterocycles. The van der Waals surface area contributed by atoms with Gasteiger partial charge in [0.1, 0.15) is 19.8 Å². The molecule has 0 bridgehead atoms. The van der Waals surface area contributed by atoms with Crippen molar-refractivity contribution in [2.45, 2.75) is 303 Å². The van der Waals surface area contributed by atoms with Crippen LogP contribution in [0.3, 0.4) is 0 Å². The zero-order valence-corrected chi connectivity index (χ0v) is 60.5. The molecule has 4 N–H and O–H groups in total. The van der Waals surface area contributed by atoms with Gasteiger partial charge in [0.05, 0.1) is 45.9 Å². The summed E-state index contributed by atoms with van der Waals surface area (Å²) < 4.78 is 28.7. The number of thioether (sulfide) groups is 1. The van der Waals surface area contributed by atoms with Gasteiger partial charge in [-0.2, -0.15) is 11.8 Å². The fourth-order valence-electron chi connectivity index (χ4n) is 11.2. The molecule has 0 aromatic heterocycles.